The summed E-state index contributed by atoms with van der Waals surface area (Å²) in [5.74, 6) is 0.0684. The normalized spacial score (nSPS) is 11.9. The molecule has 128 valence electrons. The molecule has 0 saturated carbocycles. The maximum atomic E-state index is 12.3. The standard InChI is InChI=1S/C19H17ClN2O3/c1-2-16(13-6-4-3-5-7-13)19(23)24-12-17-21-18(22-25-17)14-8-10-15(20)11-9-14/h3-11,16H,2,12H2,1H3. The van der Waals surface area contributed by atoms with Gasteiger partial charge in [0.1, 0.15) is 0 Å². The maximum absolute atomic E-state index is 12.3. The maximum Gasteiger partial charge on any atom is 0.313 e. The lowest BCUT2D eigenvalue weighted by Gasteiger charge is -2.13. The first-order valence-electron chi connectivity index (χ1n) is 7.97. The summed E-state index contributed by atoms with van der Waals surface area (Å²) in [6, 6.07) is 16.7. The first kappa shape index (κ1) is 17.2. The fourth-order valence-corrected chi connectivity index (χ4v) is 2.61. The smallest absolute Gasteiger partial charge is 0.313 e. The van der Waals surface area contributed by atoms with Crippen LogP contribution in [-0.2, 0) is 16.1 Å². The van der Waals surface area contributed by atoms with E-state index in [2.05, 4.69) is 10.1 Å². The van der Waals surface area contributed by atoms with E-state index in [1.165, 1.54) is 0 Å². The van der Waals surface area contributed by atoms with Crippen LogP contribution in [0.4, 0.5) is 0 Å². The van der Waals surface area contributed by atoms with Gasteiger partial charge in [-0.2, -0.15) is 4.98 Å². The van der Waals surface area contributed by atoms with Gasteiger partial charge in [-0.15, -0.1) is 0 Å². The zero-order valence-corrected chi connectivity index (χ0v) is 14.4. The summed E-state index contributed by atoms with van der Waals surface area (Å²) in [6.45, 7) is 1.90. The van der Waals surface area contributed by atoms with Crippen molar-refractivity contribution in [1.29, 1.82) is 0 Å². The van der Waals surface area contributed by atoms with Gasteiger partial charge in [-0.25, -0.2) is 0 Å². The highest BCUT2D eigenvalue weighted by Crippen LogP contribution is 2.22. The predicted molar refractivity (Wildman–Crippen MR) is 94.0 cm³/mol. The van der Waals surface area contributed by atoms with E-state index in [9.17, 15) is 4.79 Å². The van der Waals surface area contributed by atoms with E-state index in [0.29, 0.717) is 17.3 Å². The van der Waals surface area contributed by atoms with E-state index in [1.807, 2.05) is 37.3 Å². The van der Waals surface area contributed by atoms with Crippen LogP contribution in [0, 0.1) is 0 Å². The number of nitrogens with zero attached hydrogens (tertiary/aromatic N) is 2. The summed E-state index contributed by atoms with van der Waals surface area (Å²) < 4.78 is 10.5. The molecule has 0 spiro atoms. The lowest BCUT2D eigenvalue weighted by molar-refractivity contribution is -0.147. The number of carbonyl (C=O) groups excluding carboxylic acids is 1. The number of ether oxygens (including phenoxy) is 1. The van der Waals surface area contributed by atoms with Gasteiger partial charge in [0.05, 0.1) is 5.92 Å². The summed E-state index contributed by atoms with van der Waals surface area (Å²) in [5, 5.41) is 4.53. The molecular weight excluding hydrogens is 340 g/mol. The highest BCUT2D eigenvalue weighted by Gasteiger charge is 2.21. The van der Waals surface area contributed by atoms with Gasteiger partial charge >= 0.3 is 5.97 Å². The van der Waals surface area contributed by atoms with Crippen molar-refractivity contribution in [3.63, 3.8) is 0 Å². The molecule has 0 bridgehead atoms. The van der Waals surface area contributed by atoms with E-state index in [4.69, 9.17) is 20.9 Å². The van der Waals surface area contributed by atoms with Gasteiger partial charge in [0.15, 0.2) is 6.61 Å². The third-order valence-corrected chi connectivity index (χ3v) is 4.06. The van der Waals surface area contributed by atoms with Crippen molar-refractivity contribution in [2.24, 2.45) is 0 Å². The van der Waals surface area contributed by atoms with Crippen LogP contribution in [0.25, 0.3) is 11.4 Å². The minimum atomic E-state index is -0.306. The molecule has 1 unspecified atom stereocenters. The molecule has 1 atom stereocenters. The fraction of sp³-hybridized carbons (Fsp3) is 0.211. The van der Waals surface area contributed by atoms with Gasteiger partial charge in [0.25, 0.3) is 5.89 Å². The van der Waals surface area contributed by atoms with Crippen LogP contribution in [0.2, 0.25) is 5.02 Å². The van der Waals surface area contributed by atoms with Crippen LogP contribution in [-0.4, -0.2) is 16.1 Å². The Morgan fingerprint density at radius 3 is 2.56 bits per heavy atom. The molecule has 0 aliphatic heterocycles. The molecule has 25 heavy (non-hydrogen) atoms. The van der Waals surface area contributed by atoms with Crippen LogP contribution < -0.4 is 0 Å². The Morgan fingerprint density at radius 1 is 1.16 bits per heavy atom. The van der Waals surface area contributed by atoms with Crippen molar-refractivity contribution >= 4 is 17.6 Å². The Kier molecular flexibility index (Phi) is 5.46. The molecule has 0 N–H and O–H groups in total. The van der Waals surface area contributed by atoms with Crippen LogP contribution in [0.15, 0.2) is 59.1 Å². The topological polar surface area (TPSA) is 65.2 Å². The Balaban J connectivity index is 1.63. The Morgan fingerprint density at radius 2 is 1.88 bits per heavy atom. The minimum Gasteiger partial charge on any atom is -0.455 e. The fourth-order valence-electron chi connectivity index (χ4n) is 2.49. The molecule has 0 aliphatic rings. The van der Waals surface area contributed by atoms with Crippen molar-refractivity contribution in [2.45, 2.75) is 25.9 Å². The van der Waals surface area contributed by atoms with E-state index in [0.717, 1.165) is 11.1 Å². The predicted octanol–water partition coefficient (Wildman–Crippen LogP) is 4.63. The van der Waals surface area contributed by atoms with Gasteiger partial charge in [-0.3, -0.25) is 4.79 Å². The zero-order valence-electron chi connectivity index (χ0n) is 13.7. The highest BCUT2D eigenvalue weighted by atomic mass is 35.5. The van der Waals surface area contributed by atoms with Gasteiger partial charge in [0.2, 0.25) is 5.82 Å². The van der Waals surface area contributed by atoms with E-state index < -0.39 is 0 Å². The summed E-state index contributed by atoms with van der Waals surface area (Å²) in [5.41, 5.74) is 1.71. The zero-order chi connectivity index (χ0) is 17.6. The molecule has 3 aromatic rings. The molecule has 1 aromatic heterocycles. The molecule has 5 nitrogen and oxygen atoms in total. The molecular formula is C19H17ClN2O3. The second-order valence-corrected chi connectivity index (χ2v) is 5.93. The Bertz CT molecular complexity index is 831. The third kappa shape index (κ3) is 4.25. The lowest BCUT2D eigenvalue weighted by Crippen LogP contribution is -2.15. The van der Waals surface area contributed by atoms with Crippen LogP contribution in [0.3, 0.4) is 0 Å². The molecule has 0 aliphatic carbocycles. The SMILES string of the molecule is CCC(C(=O)OCc1nc(-c2ccc(Cl)cc2)no1)c1ccccc1. The molecule has 1 heterocycles. The number of rotatable bonds is 6. The second-order valence-electron chi connectivity index (χ2n) is 5.50. The van der Waals surface area contributed by atoms with E-state index >= 15 is 0 Å². The monoisotopic (exact) mass is 356 g/mol. The summed E-state index contributed by atoms with van der Waals surface area (Å²) in [4.78, 5) is 16.6. The van der Waals surface area contributed by atoms with Gasteiger partial charge in [-0.1, -0.05) is 54.0 Å². The average Bonchev–Trinajstić information content (AvgIpc) is 3.11. The van der Waals surface area contributed by atoms with Gasteiger partial charge in [0, 0.05) is 10.6 Å². The number of hydrogen-bond donors (Lipinski definition) is 0. The Labute approximate surface area is 150 Å². The Hall–Kier alpha value is -2.66. The van der Waals surface area contributed by atoms with Gasteiger partial charge in [-0.05, 0) is 36.2 Å². The van der Waals surface area contributed by atoms with E-state index in [1.54, 1.807) is 24.3 Å². The number of esters is 1. The second kappa shape index (κ2) is 7.94. The molecule has 3 rings (SSSR count). The van der Waals surface area contributed by atoms with E-state index in [-0.39, 0.29) is 24.4 Å². The van der Waals surface area contributed by atoms with Crippen LogP contribution >= 0.6 is 11.6 Å². The van der Waals surface area contributed by atoms with Crippen molar-refractivity contribution in [2.75, 3.05) is 0 Å². The van der Waals surface area contributed by atoms with Crippen molar-refractivity contribution in [3.05, 3.63) is 71.1 Å². The summed E-state index contributed by atoms with van der Waals surface area (Å²) >= 11 is 5.86. The number of halogens is 1. The van der Waals surface area contributed by atoms with Crippen molar-refractivity contribution in [3.8, 4) is 11.4 Å². The number of aromatic nitrogens is 2. The summed E-state index contributed by atoms with van der Waals surface area (Å²) in [6.07, 6.45) is 0.655. The van der Waals surface area contributed by atoms with Crippen LogP contribution in [0.1, 0.15) is 30.7 Å². The molecule has 0 amide bonds. The molecule has 0 radical (unpaired) electrons. The van der Waals surface area contributed by atoms with Crippen LogP contribution in [0.5, 0.6) is 0 Å². The number of benzene rings is 2. The minimum absolute atomic E-state index is 0.0528. The van der Waals surface area contributed by atoms with Crippen molar-refractivity contribution in [1.82, 2.24) is 10.1 Å². The lowest BCUT2D eigenvalue weighted by atomic mass is 9.97. The third-order valence-electron chi connectivity index (χ3n) is 3.80. The summed E-state index contributed by atoms with van der Waals surface area (Å²) in [7, 11) is 0. The largest absolute Gasteiger partial charge is 0.455 e. The first-order chi connectivity index (χ1) is 12.2. The molecule has 0 fully saturated rings. The number of carbonyl (C=O) groups is 1. The van der Waals surface area contributed by atoms with Gasteiger partial charge < -0.3 is 9.26 Å². The molecule has 0 saturated heterocycles. The molecule has 6 heteroatoms. The highest BCUT2D eigenvalue weighted by molar-refractivity contribution is 6.30. The quantitative estimate of drug-likeness (QED) is 0.602. The number of hydrogen-bond acceptors (Lipinski definition) is 5. The average molecular weight is 357 g/mol. The van der Waals surface area contributed by atoms with Crippen molar-refractivity contribution < 1.29 is 14.1 Å². The molecule has 2 aromatic carbocycles. The first-order valence-corrected chi connectivity index (χ1v) is 8.35.